The zero-order valence-corrected chi connectivity index (χ0v) is 24.0. The maximum absolute atomic E-state index is 13.3. The number of carbonyl (C=O) groups excluding carboxylic acids is 1. The molecule has 9 nitrogen and oxygen atoms in total. The Bertz CT molecular complexity index is 1720. The lowest BCUT2D eigenvalue weighted by molar-refractivity contribution is -0.137. The van der Waals surface area contributed by atoms with Crippen molar-refractivity contribution in [1.29, 1.82) is 0 Å². The number of nitrogens with one attached hydrogen (secondary N) is 3. The maximum Gasteiger partial charge on any atom is 0.416 e. The van der Waals surface area contributed by atoms with E-state index in [0.29, 0.717) is 66.4 Å². The Balaban J connectivity index is 1.21. The zero-order valence-electron chi connectivity index (χ0n) is 24.0. The van der Waals surface area contributed by atoms with E-state index in [2.05, 4.69) is 25.2 Å². The van der Waals surface area contributed by atoms with E-state index in [-0.39, 0.29) is 23.1 Å². The Morgan fingerprint density at radius 1 is 1.09 bits per heavy atom. The number of aromatic nitrogens is 3. The van der Waals surface area contributed by atoms with Crippen LogP contribution in [0, 0.1) is 6.92 Å². The van der Waals surface area contributed by atoms with Gasteiger partial charge >= 0.3 is 6.18 Å². The van der Waals surface area contributed by atoms with Gasteiger partial charge in [-0.25, -0.2) is 4.98 Å². The molecule has 0 radical (unpaired) electrons. The van der Waals surface area contributed by atoms with Gasteiger partial charge in [-0.2, -0.15) is 13.2 Å². The molecule has 1 unspecified atom stereocenters. The fraction of sp³-hybridized carbons (Fsp3) is 0.387. The molecule has 2 aromatic heterocycles. The van der Waals surface area contributed by atoms with Crippen molar-refractivity contribution in [2.45, 2.75) is 39.0 Å². The van der Waals surface area contributed by atoms with Crippen molar-refractivity contribution in [3.63, 3.8) is 0 Å². The number of halogens is 3. The van der Waals surface area contributed by atoms with Crippen LogP contribution in [0.4, 0.5) is 18.9 Å². The summed E-state index contributed by atoms with van der Waals surface area (Å²) < 4.78 is 45.3. The van der Waals surface area contributed by atoms with Gasteiger partial charge in [-0.3, -0.25) is 14.5 Å². The number of H-pyrrole nitrogens is 2. The molecule has 2 aliphatic heterocycles. The third-order valence-electron chi connectivity index (χ3n) is 8.18. The molecule has 0 bridgehead atoms. The predicted octanol–water partition coefficient (Wildman–Crippen LogP) is 4.58. The average Bonchev–Trinajstić information content (AvgIpc) is 3.51. The van der Waals surface area contributed by atoms with Crippen LogP contribution in [-0.4, -0.2) is 76.1 Å². The first-order chi connectivity index (χ1) is 20.6. The van der Waals surface area contributed by atoms with Gasteiger partial charge in [0.2, 0.25) is 0 Å². The van der Waals surface area contributed by atoms with Crippen molar-refractivity contribution >= 4 is 22.6 Å². The number of imidazole rings is 1. The second-order valence-electron chi connectivity index (χ2n) is 11.3. The molecule has 12 heteroatoms. The van der Waals surface area contributed by atoms with Crippen LogP contribution in [0.25, 0.3) is 22.4 Å². The largest absolute Gasteiger partial charge is 0.416 e. The highest BCUT2D eigenvalue weighted by Gasteiger charge is 2.31. The summed E-state index contributed by atoms with van der Waals surface area (Å²) in [5.41, 5.74) is 3.84. The number of nitrogens with zero attached hydrogens (tertiary/aromatic N) is 3. The minimum absolute atomic E-state index is 0.0339. The SMILES string of the molecule is Cc1ccc(C(F)(F)F)cc1CC(C)Nc1cc[nH]c(=O)c1-c1nc2cc3c(cc2[nH]1)CN(CCN1CCOCC1)C3=O. The van der Waals surface area contributed by atoms with Gasteiger partial charge in [-0.05, 0) is 67.3 Å². The number of carbonyl (C=O) groups is 1. The van der Waals surface area contributed by atoms with Crippen molar-refractivity contribution in [3.05, 3.63) is 80.8 Å². The Hall–Kier alpha value is -4.16. The molecule has 43 heavy (non-hydrogen) atoms. The number of hydrogen-bond acceptors (Lipinski definition) is 6. The number of aryl methyl sites for hydroxylation is 1. The van der Waals surface area contributed by atoms with Crippen LogP contribution in [0.1, 0.15) is 39.5 Å². The third kappa shape index (κ3) is 6.02. The zero-order chi connectivity index (χ0) is 30.3. The fourth-order valence-electron chi connectivity index (χ4n) is 5.81. The molecule has 1 atom stereocenters. The Kier molecular flexibility index (Phi) is 7.74. The molecule has 226 valence electrons. The van der Waals surface area contributed by atoms with Crippen molar-refractivity contribution in [3.8, 4) is 11.4 Å². The van der Waals surface area contributed by atoms with Crippen LogP contribution < -0.4 is 10.9 Å². The monoisotopic (exact) mass is 594 g/mol. The van der Waals surface area contributed by atoms with E-state index in [9.17, 15) is 22.8 Å². The standard InChI is InChI=1S/C31H33F3N6O3/c1-18-3-4-22(31(32,33)34)14-20(18)13-19(2)36-24-5-6-35-29(41)27(24)28-37-25-15-21-17-40(8-7-39-9-11-43-12-10-39)30(42)23(21)16-26(25)38-28/h3-6,14-16,19H,7-13,17H2,1-2H3,(H,37,38)(H2,35,36,41). The first-order valence-electron chi connectivity index (χ1n) is 14.3. The second kappa shape index (κ2) is 11.5. The summed E-state index contributed by atoms with van der Waals surface area (Å²) in [4.78, 5) is 40.9. The number of ether oxygens (including phenoxy) is 1. The normalized spacial score (nSPS) is 16.6. The molecule has 6 rings (SSSR count). The number of fused-ring (bicyclic) bond motifs is 2. The van der Waals surface area contributed by atoms with Crippen LogP contribution in [0.15, 0.2) is 47.4 Å². The number of benzene rings is 2. The number of pyridine rings is 1. The topological polar surface area (TPSA) is 106 Å². The Labute approximate surface area is 246 Å². The van der Waals surface area contributed by atoms with E-state index < -0.39 is 11.7 Å². The van der Waals surface area contributed by atoms with Gasteiger partial charge in [0.1, 0.15) is 11.4 Å². The van der Waals surface area contributed by atoms with Crippen molar-refractivity contribution in [1.82, 2.24) is 24.8 Å². The Morgan fingerprint density at radius 2 is 1.88 bits per heavy atom. The second-order valence-corrected chi connectivity index (χ2v) is 11.3. The van der Waals surface area contributed by atoms with Crippen LogP contribution in [-0.2, 0) is 23.9 Å². The molecule has 1 saturated heterocycles. The van der Waals surface area contributed by atoms with E-state index in [0.717, 1.165) is 36.8 Å². The summed E-state index contributed by atoms with van der Waals surface area (Å²) in [6.45, 7) is 8.71. The average molecular weight is 595 g/mol. The number of anilines is 1. The predicted molar refractivity (Wildman–Crippen MR) is 157 cm³/mol. The van der Waals surface area contributed by atoms with Crippen molar-refractivity contribution in [2.75, 3.05) is 44.7 Å². The van der Waals surface area contributed by atoms with Crippen LogP contribution >= 0.6 is 0 Å². The summed E-state index contributed by atoms with van der Waals surface area (Å²) >= 11 is 0. The summed E-state index contributed by atoms with van der Waals surface area (Å²) in [5.74, 6) is 0.301. The third-order valence-corrected chi connectivity index (χ3v) is 8.18. The molecule has 4 aromatic rings. The number of hydrogen-bond donors (Lipinski definition) is 3. The van der Waals surface area contributed by atoms with E-state index >= 15 is 0 Å². The summed E-state index contributed by atoms with van der Waals surface area (Å²) in [7, 11) is 0. The van der Waals surface area contributed by atoms with E-state index in [1.54, 1.807) is 19.1 Å². The molecule has 2 aromatic carbocycles. The van der Waals surface area contributed by atoms with Gasteiger partial charge in [0.15, 0.2) is 0 Å². The molecule has 4 heterocycles. The van der Waals surface area contributed by atoms with Gasteiger partial charge in [0, 0.05) is 50.5 Å². The van der Waals surface area contributed by atoms with Gasteiger partial charge in [-0.15, -0.1) is 0 Å². The fourth-order valence-corrected chi connectivity index (χ4v) is 5.81. The minimum Gasteiger partial charge on any atom is -0.381 e. The lowest BCUT2D eigenvalue weighted by atomic mass is 9.98. The molecule has 1 fully saturated rings. The smallest absolute Gasteiger partial charge is 0.381 e. The van der Waals surface area contributed by atoms with E-state index in [4.69, 9.17) is 4.74 Å². The highest BCUT2D eigenvalue weighted by molar-refractivity contribution is 6.02. The van der Waals surface area contributed by atoms with Crippen LogP contribution in [0.5, 0.6) is 0 Å². The molecule has 0 saturated carbocycles. The van der Waals surface area contributed by atoms with Gasteiger partial charge < -0.3 is 24.9 Å². The number of rotatable bonds is 8. The molecule has 2 aliphatic rings. The van der Waals surface area contributed by atoms with Gasteiger partial charge in [0.25, 0.3) is 11.5 Å². The molecule has 3 N–H and O–H groups in total. The maximum atomic E-state index is 13.3. The summed E-state index contributed by atoms with van der Waals surface area (Å²) in [6, 6.07) is 8.83. The lowest BCUT2D eigenvalue weighted by Crippen LogP contribution is -2.41. The van der Waals surface area contributed by atoms with Crippen LogP contribution in [0.2, 0.25) is 0 Å². The van der Waals surface area contributed by atoms with Crippen molar-refractivity contribution in [2.24, 2.45) is 0 Å². The highest BCUT2D eigenvalue weighted by Crippen LogP contribution is 2.32. The molecule has 0 spiro atoms. The summed E-state index contributed by atoms with van der Waals surface area (Å²) in [5, 5.41) is 3.29. The quantitative estimate of drug-likeness (QED) is 0.276. The molecule has 0 aliphatic carbocycles. The lowest BCUT2D eigenvalue weighted by Gasteiger charge is -2.28. The first-order valence-corrected chi connectivity index (χ1v) is 14.3. The first kappa shape index (κ1) is 28.9. The highest BCUT2D eigenvalue weighted by atomic mass is 19.4. The molecule has 1 amide bonds. The summed E-state index contributed by atoms with van der Waals surface area (Å²) in [6.07, 6.45) is -2.59. The molecular weight excluding hydrogens is 561 g/mol. The number of amides is 1. The molecular formula is C31H33F3N6O3. The van der Waals surface area contributed by atoms with E-state index in [1.807, 2.05) is 17.9 Å². The van der Waals surface area contributed by atoms with Crippen LogP contribution in [0.3, 0.4) is 0 Å². The van der Waals surface area contributed by atoms with Gasteiger partial charge in [0.05, 0.1) is 35.5 Å². The number of aromatic amines is 2. The number of alkyl halides is 3. The Morgan fingerprint density at radius 3 is 2.65 bits per heavy atom. The van der Waals surface area contributed by atoms with Gasteiger partial charge in [-0.1, -0.05) is 6.07 Å². The van der Waals surface area contributed by atoms with Crippen molar-refractivity contribution < 1.29 is 22.7 Å². The van der Waals surface area contributed by atoms with E-state index in [1.165, 1.54) is 18.3 Å². The number of morpholine rings is 1. The minimum atomic E-state index is -4.42.